The highest BCUT2D eigenvalue weighted by molar-refractivity contribution is 6.34. The fourth-order valence-electron chi connectivity index (χ4n) is 2.66. The summed E-state index contributed by atoms with van der Waals surface area (Å²) in [5.41, 5.74) is 1.42. The Morgan fingerprint density at radius 1 is 1.17 bits per heavy atom. The molecule has 0 aliphatic heterocycles. The Kier molecular flexibility index (Phi) is 6.97. The largest absolute Gasteiger partial charge is 0.495 e. The maximum atomic E-state index is 12.3. The summed E-state index contributed by atoms with van der Waals surface area (Å²) in [7, 11) is 1.51. The molecule has 2 N–H and O–H groups in total. The molecule has 0 spiro atoms. The number of hydrogen-bond acceptors (Lipinski definition) is 5. The number of aromatic nitrogens is 3. The molecule has 7 nitrogen and oxygen atoms in total. The van der Waals surface area contributed by atoms with Gasteiger partial charge in [-0.1, -0.05) is 34.8 Å². The lowest BCUT2D eigenvalue weighted by Gasteiger charge is -2.06. The lowest BCUT2D eigenvalue weighted by Crippen LogP contribution is -2.26. The van der Waals surface area contributed by atoms with Gasteiger partial charge in [-0.15, -0.1) is 5.10 Å². The molecule has 152 valence electrons. The highest BCUT2D eigenvalue weighted by Gasteiger charge is 2.16. The highest BCUT2D eigenvalue weighted by Crippen LogP contribution is 2.29. The number of carbonyl (C=O) groups excluding carboxylic acids is 1. The van der Waals surface area contributed by atoms with Crippen molar-refractivity contribution >= 4 is 40.7 Å². The van der Waals surface area contributed by atoms with Gasteiger partial charge in [-0.25, -0.2) is 9.67 Å². The molecule has 29 heavy (non-hydrogen) atoms. The number of amides is 1. The number of nitrogens with zero attached hydrogens (tertiary/aromatic N) is 3. The standard InChI is InChI=1S/C19H17Cl3N4O3/c1-29-16-6-12(2-3-15(16)22)19-24-17(26(10-27)25-19)8-18(28)23-9-11-4-13(20)7-14(21)5-11/h2-7,27H,8-10H2,1H3,(H,23,28). The number of hydrogen-bond donors (Lipinski definition) is 2. The minimum Gasteiger partial charge on any atom is -0.495 e. The summed E-state index contributed by atoms with van der Waals surface area (Å²) in [5, 5.41) is 18.0. The van der Waals surface area contributed by atoms with Crippen LogP contribution in [0.3, 0.4) is 0 Å². The summed E-state index contributed by atoms with van der Waals surface area (Å²) in [6, 6.07) is 10.1. The number of benzene rings is 2. The molecule has 0 unspecified atom stereocenters. The monoisotopic (exact) mass is 454 g/mol. The van der Waals surface area contributed by atoms with Crippen LogP contribution in [0.5, 0.6) is 5.75 Å². The molecule has 0 aliphatic carbocycles. The molecule has 2 aromatic carbocycles. The molecule has 0 saturated heterocycles. The van der Waals surface area contributed by atoms with E-state index in [1.54, 1.807) is 36.4 Å². The fraction of sp³-hybridized carbons (Fsp3) is 0.211. The number of aliphatic hydroxyl groups excluding tert-OH is 1. The molecule has 0 fully saturated rings. The van der Waals surface area contributed by atoms with Crippen LogP contribution in [0.4, 0.5) is 0 Å². The van der Waals surface area contributed by atoms with Crippen LogP contribution in [0.1, 0.15) is 11.4 Å². The van der Waals surface area contributed by atoms with E-state index in [9.17, 15) is 9.90 Å². The number of carbonyl (C=O) groups is 1. The van der Waals surface area contributed by atoms with Gasteiger partial charge in [-0.3, -0.25) is 4.79 Å². The third-order valence-electron chi connectivity index (χ3n) is 4.02. The molecule has 10 heteroatoms. The predicted molar refractivity (Wildman–Crippen MR) is 111 cm³/mol. The average Bonchev–Trinajstić information content (AvgIpc) is 3.08. The maximum absolute atomic E-state index is 12.3. The molecule has 1 heterocycles. The Labute approximate surface area is 182 Å². The Balaban J connectivity index is 1.72. The molecule has 3 aromatic rings. The minimum absolute atomic E-state index is 0.0629. The Hall–Kier alpha value is -2.32. The van der Waals surface area contributed by atoms with Gasteiger partial charge in [0.05, 0.1) is 18.6 Å². The molecular formula is C19H17Cl3N4O3. The van der Waals surface area contributed by atoms with Crippen LogP contribution in [-0.4, -0.2) is 32.9 Å². The quantitative estimate of drug-likeness (QED) is 0.567. The van der Waals surface area contributed by atoms with Crippen LogP contribution in [0.25, 0.3) is 11.4 Å². The Morgan fingerprint density at radius 2 is 1.90 bits per heavy atom. The number of aliphatic hydroxyl groups is 1. The molecule has 0 aliphatic rings. The molecule has 0 radical (unpaired) electrons. The van der Waals surface area contributed by atoms with Crippen molar-refractivity contribution in [1.29, 1.82) is 0 Å². The summed E-state index contributed by atoms with van der Waals surface area (Å²) in [4.78, 5) is 16.7. The first-order chi connectivity index (χ1) is 13.9. The van der Waals surface area contributed by atoms with E-state index in [-0.39, 0.29) is 18.9 Å². The van der Waals surface area contributed by atoms with E-state index in [2.05, 4.69) is 15.4 Å². The highest BCUT2D eigenvalue weighted by atomic mass is 35.5. The zero-order valence-electron chi connectivity index (χ0n) is 15.3. The van der Waals surface area contributed by atoms with Gasteiger partial charge in [-0.2, -0.15) is 0 Å². The van der Waals surface area contributed by atoms with Crippen molar-refractivity contribution in [2.24, 2.45) is 0 Å². The maximum Gasteiger partial charge on any atom is 0.227 e. The van der Waals surface area contributed by atoms with Gasteiger partial charge in [0.2, 0.25) is 5.91 Å². The van der Waals surface area contributed by atoms with Gasteiger partial charge in [0.1, 0.15) is 18.3 Å². The number of ether oxygens (including phenoxy) is 1. The Bertz CT molecular complexity index is 1020. The van der Waals surface area contributed by atoms with Gasteiger partial charge < -0.3 is 15.2 Å². The molecular weight excluding hydrogens is 439 g/mol. The second-order valence-electron chi connectivity index (χ2n) is 6.07. The second-order valence-corrected chi connectivity index (χ2v) is 7.35. The first kappa shape index (κ1) is 21.4. The van der Waals surface area contributed by atoms with Crippen LogP contribution < -0.4 is 10.1 Å². The van der Waals surface area contributed by atoms with Crippen LogP contribution >= 0.6 is 34.8 Å². The summed E-state index contributed by atoms with van der Waals surface area (Å²) >= 11 is 18.0. The second kappa shape index (κ2) is 9.45. The van der Waals surface area contributed by atoms with Gasteiger partial charge in [0.15, 0.2) is 5.82 Å². The smallest absolute Gasteiger partial charge is 0.227 e. The normalized spacial score (nSPS) is 10.8. The molecule has 1 amide bonds. The van der Waals surface area contributed by atoms with Gasteiger partial charge >= 0.3 is 0 Å². The molecule has 0 saturated carbocycles. The van der Waals surface area contributed by atoms with Crippen LogP contribution in [0.15, 0.2) is 36.4 Å². The van der Waals surface area contributed by atoms with Gasteiger partial charge in [0.25, 0.3) is 0 Å². The summed E-state index contributed by atoms with van der Waals surface area (Å²) in [5.74, 6) is 0.851. The Morgan fingerprint density at radius 3 is 2.55 bits per heavy atom. The number of nitrogens with one attached hydrogen (secondary N) is 1. The van der Waals surface area contributed by atoms with Crippen molar-refractivity contribution in [3.05, 3.63) is 62.9 Å². The first-order valence-electron chi connectivity index (χ1n) is 8.49. The van der Waals surface area contributed by atoms with Gasteiger partial charge in [-0.05, 0) is 42.0 Å². The van der Waals surface area contributed by atoms with E-state index in [0.717, 1.165) is 5.56 Å². The van der Waals surface area contributed by atoms with Crippen molar-refractivity contribution in [3.63, 3.8) is 0 Å². The third-order valence-corrected chi connectivity index (χ3v) is 4.77. The SMILES string of the molecule is COc1cc(-c2nc(CC(=O)NCc3cc(Cl)cc(Cl)c3)n(CO)n2)ccc1Cl. The zero-order chi connectivity index (χ0) is 21.0. The number of halogens is 3. The fourth-order valence-corrected chi connectivity index (χ4v) is 3.43. The summed E-state index contributed by atoms with van der Waals surface area (Å²) < 4.78 is 6.46. The third kappa shape index (κ3) is 5.39. The predicted octanol–water partition coefficient (Wildman–Crippen LogP) is 3.72. The van der Waals surface area contributed by atoms with Crippen molar-refractivity contribution in [2.45, 2.75) is 19.7 Å². The van der Waals surface area contributed by atoms with Crippen molar-refractivity contribution < 1.29 is 14.6 Å². The van der Waals surface area contributed by atoms with E-state index >= 15 is 0 Å². The number of rotatable bonds is 7. The van der Waals surface area contributed by atoms with Crippen molar-refractivity contribution in [2.75, 3.05) is 7.11 Å². The first-order valence-corrected chi connectivity index (χ1v) is 9.63. The zero-order valence-corrected chi connectivity index (χ0v) is 17.6. The lowest BCUT2D eigenvalue weighted by molar-refractivity contribution is -0.120. The van der Waals surface area contributed by atoms with E-state index in [1.165, 1.54) is 11.8 Å². The van der Waals surface area contributed by atoms with Crippen LogP contribution in [0, 0.1) is 0 Å². The molecule has 3 rings (SSSR count). The number of methoxy groups -OCH3 is 1. The summed E-state index contributed by atoms with van der Waals surface area (Å²) in [6.45, 7) is -0.155. The van der Waals surface area contributed by atoms with Gasteiger partial charge in [0, 0.05) is 22.2 Å². The van der Waals surface area contributed by atoms with E-state index in [0.29, 0.717) is 38.0 Å². The van der Waals surface area contributed by atoms with E-state index in [1.807, 2.05) is 0 Å². The van der Waals surface area contributed by atoms with E-state index < -0.39 is 6.73 Å². The van der Waals surface area contributed by atoms with E-state index in [4.69, 9.17) is 39.5 Å². The minimum atomic E-state index is -0.412. The van der Waals surface area contributed by atoms with Crippen molar-refractivity contribution in [3.8, 4) is 17.1 Å². The molecule has 1 aromatic heterocycles. The topological polar surface area (TPSA) is 89.3 Å². The molecule has 0 atom stereocenters. The molecule has 0 bridgehead atoms. The summed E-state index contributed by atoms with van der Waals surface area (Å²) in [6.07, 6.45) is -0.0629. The average molecular weight is 456 g/mol. The van der Waals surface area contributed by atoms with Crippen molar-refractivity contribution in [1.82, 2.24) is 20.1 Å². The van der Waals surface area contributed by atoms with Crippen LogP contribution in [-0.2, 0) is 24.5 Å². The lowest BCUT2D eigenvalue weighted by atomic mass is 10.2. The van der Waals surface area contributed by atoms with Crippen LogP contribution in [0.2, 0.25) is 15.1 Å².